The highest BCUT2D eigenvalue weighted by atomic mass is 16.2. The van der Waals surface area contributed by atoms with Gasteiger partial charge in [0.2, 0.25) is 5.91 Å². The van der Waals surface area contributed by atoms with E-state index in [1.165, 1.54) is 5.56 Å². The van der Waals surface area contributed by atoms with E-state index in [4.69, 9.17) is 5.73 Å². The number of carbonyl (C=O) groups excluding carboxylic acids is 1. The van der Waals surface area contributed by atoms with E-state index in [0.717, 1.165) is 25.7 Å². The predicted molar refractivity (Wildman–Crippen MR) is 81.3 cm³/mol. The van der Waals surface area contributed by atoms with Gasteiger partial charge < -0.3 is 16.0 Å². The van der Waals surface area contributed by atoms with Gasteiger partial charge in [-0.2, -0.15) is 0 Å². The van der Waals surface area contributed by atoms with E-state index >= 15 is 0 Å². The van der Waals surface area contributed by atoms with Crippen LogP contribution < -0.4 is 11.1 Å². The van der Waals surface area contributed by atoms with Crippen LogP contribution in [0.2, 0.25) is 0 Å². The minimum atomic E-state index is -0.645. The lowest BCUT2D eigenvalue weighted by Crippen LogP contribution is -2.53. The Labute approximate surface area is 121 Å². The standard InChI is InChI=1S/C16H25N3O/c1-19(2)14(13-8-4-3-5-9-13)12-18-15(20)16(17)10-6-7-11-16/h3-5,8-9,14H,6-7,10-12,17H2,1-2H3,(H,18,20). The van der Waals surface area contributed by atoms with Crippen LogP contribution in [0, 0.1) is 0 Å². The van der Waals surface area contributed by atoms with Crippen LogP contribution in [-0.2, 0) is 4.79 Å². The summed E-state index contributed by atoms with van der Waals surface area (Å²) >= 11 is 0. The van der Waals surface area contributed by atoms with E-state index in [-0.39, 0.29) is 11.9 Å². The minimum Gasteiger partial charge on any atom is -0.353 e. The molecule has 1 atom stereocenters. The van der Waals surface area contributed by atoms with Crippen LogP contribution >= 0.6 is 0 Å². The Balaban J connectivity index is 1.98. The van der Waals surface area contributed by atoms with Crippen molar-refractivity contribution in [1.82, 2.24) is 10.2 Å². The SMILES string of the molecule is CN(C)C(CNC(=O)C1(N)CCCC1)c1ccccc1. The van der Waals surface area contributed by atoms with Crippen molar-refractivity contribution in [2.24, 2.45) is 5.73 Å². The number of nitrogens with two attached hydrogens (primary N) is 1. The van der Waals surface area contributed by atoms with Crippen molar-refractivity contribution < 1.29 is 4.79 Å². The first-order chi connectivity index (χ1) is 9.53. The first-order valence-electron chi connectivity index (χ1n) is 7.31. The minimum absolute atomic E-state index is 0.00205. The number of hydrogen-bond donors (Lipinski definition) is 2. The quantitative estimate of drug-likeness (QED) is 0.859. The van der Waals surface area contributed by atoms with Crippen LogP contribution in [0.1, 0.15) is 37.3 Å². The summed E-state index contributed by atoms with van der Waals surface area (Å²) in [5.41, 5.74) is 6.74. The van der Waals surface area contributed by atoms with Crippen molar-refractivity contribution >= 4 is 5.91 Å². The molecule has 3 N–H and O–H groups in total. The molecule has 0 saturated heterocycles. The first kappa shape index (κ1) is 15.0. The molecule has 1 amide bonds. The Morgan fingerprint density at radius 1 is 1.30 bits per heavy atom. The van der Waals surface area contributed by atoms with Gasteiger partial charge in [0.15, 0.2) is 0 Å². The van der Waals surface area contributed by atoms with Gasteiger partial charge in [-0.05, 0) is 32.5 Å². The van der Waals surface area contributed by atoms with E-state index in [1.54, 1.807) is 0 Å². The Hall–Kier alpha value is -1.39. The van der Waals surface area contributed by atoms with Crippen molar-refractivity contribution in [3.63, 3.8) is 0 Å². The largest absolute Gasteiger partial charge is 0.353 e. The number of amides is 1. The van der Waals surface area contributed by atoms with Crippen LogP contribution in [0.4, 0.5) is 0 Å². The fourth-order valence-corrected chi connectivity index (χ4v) is 2.87. The number of hydrogen-bond acceptors (Lipinski definition) is 3. The van der Waals surface area contributed by atoms with Crippen molar-refractivity contribution in [2.45, 2.75) is 37.3 Å². The lowest BCUT2D eigenvalue weighted by Gasteiger charge is -2.28. The molecule has 0 bridgehead atoms. The van der Waals surface area contributed by atoms with Crippen LogP contribution in [0.25, 0.3) is 0 Å². The normalized spacial score (nSPS) is 19.0. The number of carbonyl (C=O) groups is 1. The Kier molecular flexibility index (Phi) is 4.78. The van der Waals surface area contributed by atoms with Gasteiger partial charge in [-0.25, -0.2) is 0 Å². The summed E-state index contributed by atoms with van der Waals surface area (Å²) in [5.74, 6) is -0.00205. The molecule has 1 fully saturated rings. The van der Waals surface area contributed by atoms with Crippen molar-refractivity contribution in [1.29, 1.82) is 0 Å². The van der Waals surface area contributed by atoms with E-state index < -0.39 is 5.54 Å². The summed E-state index contributed by atoms with van der Waals surface area (Å²) in [7, 11) is 4.05. The molecule has 110 valence electrons. The zero-order valence-corrected chi connectivity index (χ0v) is 12.4. The molecule has 1 aromatic carbocycles. The lowest BCUT2D eigenvalue weighted by molar-refractivity contribution is -0.126. The highest BCUT2D eigenvalue weighted by molar-refractivity contribution is 5.86. The average Bonchev–Trinajstić information content (AvgIpc) is 2.88. The summed E-state index contributed by atoms with van der Waals surface area (Å²) in [6, 6.07) is 10.4. The molecule has 0 aliphatic heterocycles. The Morgan fingerprint density at radius 3 is 2.45 bits per heavy atom. The van der Waals surface area contributed by atoms with Crippen molar-refractivity contribution in [3.05, 3.63) is 35.9 Å². The summed E-state index contributed by atoms with van der Waals surface area (Å²) in [4.78, 5) is 14.4. The molecule has 1 aliphatic rings. The third-order valence-corrected chi connectivity index (χ3v) is 4.21. The molecule has 0 heterocycles. The second-order valence-corrected chi connectivity index (χ2v) is 5.96. The molecule has 0 radical (unpaired) electrons. The van der Waals surface area contributed by atoms with E-state index in [2.05, 4.69) is 22.3 Å². The monoisotopic (exact) mass is 275 g/mol. The summed E-state index contributed by atoms with van der Waals surface area (Å²) in [6.07, 6.45) is 3.72. The molecular formula is C16H25N3O. The number of nitrogens with zero attached hydrogens (tertiary/aromatic N) is 1. The maximum absolute atomic E-state index is 12.3. The van der Waals surface area contributed by atoms with Gasteiger partial charge in [0.05, 0.1) is 11.6 Å². The molecule has 1 aliphatic carbocycles. The molecule has 0 aromatic heterocycles. The maximum Gasteiger partial charge on any atom is 0.240 e. The summed E-state index contributed by atoms with van der Waals surface area (Å²) in [6.45, 7) is 0.592. The van der Waals surface area contributed by atoms with Gasteiger partial charge >= 0.3 is 0 Å². The second kappa shape index (κ2) is 6.37. The third-order valence-electron chi connectivity index (χ3n) is 4.21. The molecule has 1 saturated carbocycles. The number of benzene rings is 1. The predicted octanol–water partition coefficient (Wildman–Crippen LogP) is 1.68. The van der Waals surface area contributed by atoms with Crippen molar-refractivity contribution in [2.75, 3.05) is 20.6 Å². The van der Waals surface area contributed by atoms with Crippen molar-refractivity contribution in [3.8, 4) is 0 Å². The molecular weight excluding hydrogens is 250 g/mol. The third kappa shape index (κ3) is 3.38. The van der Waals surface area contributed by atoms with E-state index in [9.17, 15) is 4.79 Å². The van der Waals surface area contributed by atoms with Gasteiger partial charge in [0, 0.05) is 6.54 Å². The number of nitrogens with one attached hydrogen (secondary N) is 1. The first-order valence-corrected chi connectivity index (χ1v) is 7.31. The van der Waals surface area contributed by atoms with Gasteiger partial charge in [-0.3, -0.25) is 4.79 Å². The van der Waals surface area contributed by atoms with Gasteiger partial charge in [0.25, 0.3) is 0 Å². The van der Waals surface area contributed by atoms with Crippen LogP contribution in [0.3, 0.4) is 0 Å². The fraction of sp³-hybridized carbons (Fsp3) is 0.562. The summed E-state index contributed by atoms with van der Waals surface area (Å²) in [5, 5.41) is 3.04. The van der Waals surface area contributed by atoms with Crippen LogP contribution in [0.5, 0.6) is 0 Å². The van der Waals surface area contributed by atoms with E-state index in [0.29, 0.717) is 6.54 Å². The number of likely N-dealkylation sites (N-methyl/N-ethyl adjacent to an activating group) is 1. The highest BCUT2D eigenvalue weighted by Crippen LogP contribution is 2.27. The highest BCUT2D eigenvalue weighted by Gasteiger charge is 2.37. The maximum atomic E-state index is 12.3. The van der Waals surface area contributed by atoms with Crippen LogP contribution in [-0.4, -0.2) is 37.0 Å². The summed E-state index contributed by atoms with van der Waals surface area (Å²) < 4.78 is 0. The van der Waals surface area contributed by atoms with E-state index in [1.807, 2.05) is 32.3 Å². The molecule has 2 rings (SSSR count). The molecule has 4 nitrogen and oxygen atoms in total. The smallest absolute Gasteiger partial charge is 0.240 e. The zero-order valence-electron chi connectivity index (χ0n) is 12.4. The molecule has 0 spiro atoms. The molecule has 1 unspecified atom stereocenters. The van der Waals surface area contributed by atoms with Gasteiger partial charge in [-0.15, -0.1) is 0 Å². The zero-order chi connectivity index (χ0) is 14.6. The fourth-order valence-electron chi connectivity index (χ4n) is 2.87. The number of rotatable bonds is 5. The van der Waals surface area contributed by atoms with Crippen LogP contribution in [0.15, 0.2) is 30.3 Å². The molecule has 4 heteroatoms. The molecule has 1 aromatic rings. The second-order valence-electron chi connectivity index (χ2n) is 5.96. The molecule has 20 heavy (non-hydrogen) atoms. The lowest BCUT2D eigenvalue weighted by atomic mass is 9.97. The average molecular weight is 275 g/mol. The Morgan fingerprint density at radius 2 is 1.90 bits per heavy atom. The van der Waals surface area contributed by atoms with Gasteiger partial charge in [0.1, 0.15) is 0 Å². The topological polar surface area (TPSA) is 58.4 Å². The Bertz CT molecular complexity index is 438. The van der Waals surface area contributed by atoms with Gasteiger partial charge in [-0.1, -0.05) is 43.2 Å².